The zero-order chi connectivity index (χ0) is 12.3. The van der Waals surface area contributed by atoms with Crippen molar-refractivity contribution in [1.29, 1.82) is 5.26 Å². The molecular weight excluding hydrogens is 212 g/mol. The van der Waals surface area contributed by atoms with Gasteiger partial charge < -0.3 is 10.6 Å². The molecule has 2 rings (SSSR count). The highest BCUT2D eigenvalue weighted by Gasteiger charge is 2.08. The van der Waals surface area contributed by atoms with Crippen LogP contribution in [0.5, 0.6) is 0 Å². The highest BCUT2D eigenvalue weighted by atomic mass is 15.1. The van der Waals surface area contributed by atoms with Gasteiger partial charge in [0.2, 0.25) is 0 Å². The van der Waals surface area contributed by atoms with Crippen molar-refractivity contribution in [2.75, 3.05) is 17.7 Å². The first-order valence-corrected chi connectivity index (χ1v) is 5.16. The van der Waals surface area contributed by atoms with Crippen LogP contribution < -0.4 is 10.6 Å². The van der Waals surface area contributed by atoms with Gasteiger partial charge in [-0.2, -0.15) is 5.26 Å². The lowest BCUT2D eigenvalue weighted by molar-refractivity contribution is 1.17. The summed E-state index contributed by atoms with van der Waals surface area (Å²) in [6.45, 7) is 0. The first-order valence-electron chi connectivity index (χ1n) is 5.16. The van der Waals surface area contributed by atoms with Gasteiger partial charge in [0.05, 0.1) is 34.9 Å². The lowest BCUT2D eigenvalue weighted by atomic mass is 10.1. The molecule has 0 bridgehead atoms. The van der Waals surface area contributed by atoms with Gasteiger partial charge in [0.25, 0.3) is 0 Å². The Labute approximate surface area is 99.9 Å². The van der Waals surface area contributed by atoms with Crippen LogP contribution in [0.2, 0.25) is 0 Å². The Hall–Kier alpha value is -2.54. The summed E-state index contributed by atoms with van der Waals surface area (Å²) in [6.07, 6.45) is 3.46. The van der Waals surface area contributed by atoms with E-state index < -0.39 is 0 Å². The van der Waals surface area contributed by atoms with E-state index in [2.05, 4.69) is 11.1 Å². The quantitative estimate of drug-likeness (QED) is 0.795. The molecule has 0 aliphatic heterocycles. The van der Waals surface area contributed by atoms with Crippen molar-refractivity contribution >= 4 is 17.1 Å². The van der Waals surface area contributed by atoms with E-state index in [1.807, 2.05) is 24.1 Å². The largest absolute Gasteiger partial charge is 0.397 e. The van der Waals surface area contributed by atoms with Crippen molar-refractivity contribution in [3.05, 3.63) is 48.3 Å². The normalized spacial score (nSPS) is 9.65. The Balaban J connectivity index is 2.44. The van der Waals surface area contributed by atoms with E-state index >= 15 is 0 Å². The van der Waals surface area contributed by atoms with Crippen LogP contribution in [0.1, 0.15) is 5.56 Å². The van der Waals surface area contributed by atoms with E-state index in [-0.39, 0.29) is 0 Å². The van der Waals surface area contributed by atoms with E-state index in [1.54, 1.807) is 30.6 Å². The average Bonchev–Trinajstić information content (AvgIpc) is 2.39. The summed E-state index contributed by atoms with van der Waals surface area (Å²) in [5, 5.41) is 8.88. The lowest BCUT2D eigenvalue weighted by Crippen LogP contribution is -2.11. The van der Waals surface area contributed by atoms with E-state index in [4.69, 9.17) is 11.0 Å². The molecule has 4 heteroatoms. The number of nitrogen functional groups attached to an aromatic ring is 1. The van der Waals surface area contributed by atoms with E-state index in [0.29, 0.717) is 11.3 Å². The third-order valence-corrected chi connectivity index (χ3v) is 2.55. The van der Waals surface area contributed by atoms with Crippen LogP contribution in [-0.2, 0) is 0 Å². The second-order valence-electron chi connectivity index (χ2n) is 3.66. The van der Waals surface area contributed by atoms with Gasteiger partial charge in [-0.25, -0.2) is 0 Å². The summed E-state index contributed by atoms with van der Waals surface area (Å²) in [7, 11) is 1.89. The van der Waals surface area contributed by atoms with Gasteiger partial charge >= 0.3 is 0 Å². The molecule has 0 radical (unpaired) electrons. The van der Waals surface area contributed by atoms with Crippen LogP contribution in [0.25, 0.3) is 0 Å². The van der Waals surface area contributed by atoms with E-state index in [1.165, 1.54) is 0 Å². The lowest BCUT2D eigenvalue weighted by Gasteiger charge is -2.20. The molecule has 0 saturated carbocycles. The van der Waals surface area contributed by atoms with Crippen molar-refractivity contribution in [1.82, 2.24) is 4.98 Å². The standard InChI is InChI=1S/C13H12N4/c1-17(11-3-2-6-16-9-11)13-7-10(8-14)4-5-12(13)15/h2-7,9H,15H2,1H3. The van der Waals surface area contributed by atoms with Crippen LogP contribution in [-0.4, -0.2) is 12.0 Å². The summed E-state index contributed by atoms with van der Waals surface area (Å²) in [6, 6.07) is 11.1. The summed E-state index contributed by atoms with van der Waals surface area (Å²) in [4.78, 5) is 5.96. The van der Waals surface area contributed by atoms with Crippen LogP contribution in [0, 0.1) is 11.3 Å². The van der Waals surface area contributed by atoms with Gasteiger partial charge in [-0.15, -0.1) is 0 Å². The van der Waals surface area contributed by atoms with Gasteiger partial charge in [-0.05, 0) is 30.3 Å². The smallest absolute Gasteiger partial charge is 0.0992 e. The van der Waals surface area contributed by atoms with Gasteiger partial charge in [0.15, 0.2) is 0 Å². The van der Waals surface area contributed by atoms with E-state index in [9.17, 15) is 0 Å². The molecule has 0 aliphatic rings. The third kappa shape index (κ3) is 2.18. The van der Waals surface area contributed by atoms with Crippen molar-refractivity contribution < 1.29 is 0 Å². The molecule has 1 aromatic carbocycles. The number of nitrogens with zero attached hydrogens (tertiary/aromatic N) is 3. The molecule has 0 aliphatic carbocycles. The van der Waals surface area contributed by atoms with Crippen molar-refractivity contribution in [3.8, 4) is 6.07 Å². The first kappa shape index (κ1) is 11.0. The Morgan fingerprint density at radius 2 is 2.18 bits per heavy atom. The monoisotopic (exact) mass is 224 g/mol. The number of nitriles is 1. The molecule has 0 saturated heterocycles. The van der Waals surface area contributed by atoms with Crippen LogP contribution in [0.4, 0.5) is 17.1 Å². The van der Waals surface area contributed by atoms with Crippen molar-refractivity contribution in [2.45, 2.75) is 0 Å². The number of pyridine rings is 1. The minimum absolute atomic E-state index is 0.588. The number of hydrogen-bond donors (Lipinski definition) is 1. The number of benzene rings is 1. The molecule has 0 atom stereocenters. The number of anilines is 3. The van der Waals surface area contributed by atoms with Gasteiger partial charge in [0.1, 0.15) is 0 Å². The Kier molecular flexibility index (Phi) is 2.93. The SMILES string of the molecule is CN(c1cccnc1)c1cc(C#N)ccc1N. The van der Waals surface area contributed by atoms with Crippen molar-refractivity contribution in [3.63, 3.8) is 0 Å². The molecule has 84 valence electrons. The topological polar surface area (TPSA) is 65.9 Å². The Bertz CT molecular complexity index is 557. The number of rotatable bonds is 2. The maximum Gasteiger partial charge on any atom is 0.0992 e. The number of aromatic nitrogens is 1. The van der Waals surface area contributed by atoms with Crippen LogP contribution in [0.3, 0.4) is 0 Å². The zero-order valence-electron chi connectivity index (χ0n) is 9.46. The molecule has 2 N–H and O–H groups in total. The van der Waals surface area contributed by atoms with Gasteiger partial charge in [-0.1, -0.05) is 0 Å². The highest BCUT2D eigenvalue weighted by Crippen LogP contribution is 2.28. The molecule has 1 aromatic heterocycles. The summed E-state index contributed by atoms with van der Waals surface area (Å²) in [5.41, 5.74) is 8.86. The average molecular weight is 224 g/mol. The van der Waals surface area contributed by atoms with Crippen LogP contribution >= 0.6 is 0 Å². The molecule has 0 spiro atoms. The summed E-state index contributed by atoms with van der Waals surface area (Å²) < 4.78 is 0. The van der Waals surface area contributed by atoms with E-state index in [0.717, 1.165) is 11.4 Å². The Morgan fingerprint density at radius 1 is 1.35 bits per heavy atom. The maximum absolute atomic E-state index is 8.88. The molecule has 2 aromatic rings. The van der Waals surface area contributed by atoms with Gasteiger partial charge in [0, 0.05) is 13.2 Å². The molecular formula is C13H12N4. The van der Waals surface area contributed by atoms with Crippen molar-refractivity contribution in [2.24, 2.45) is 0 Å². The third-order valence-electron chi connectivity index (χ3n) is 2.55. The zero-order valence-corrected chi connectivity index (χ0v) is 9.46. The minimum Gasteiger partial charge on any atom is -0.397 e. The number of hydrogen-bond acceptors (Lipinski definition) is 4. The second-order valence-corrected chi connectivity index (χ2v) is 3.66. The molecule has 17 heavy (non-hydrogen) atoms. The second kappa shape index (κ2) is 4.54. The molecule has 0 unspecified atom stereocenters. The molecule has 0 amide bonds. The fourth-order valence-electron chi connectivity index (χ4n) is 1.59. The fraction of sp³-hybridized carbons (Fsp3) is 0.0769. The number of nitrogens with two attached hydrogens (primary N) is 1. The molecule has 4 nitrogen and oxygen atoms in total. The Morgan fingerprint density at radius 3 is 2.82 bits per heavy atom. The summed E-state index contributed by atoms with van der Waals surface area (Å²) >= 11 is 0. The molecule has 0 fully saturated rings. The maximum atomic E-state index is 8.88. The minimum atomic E-state index is 0.588. The summed E-state index contributed by atoms with van der Waals surface area (Å²) in [5.74, 6) is 0. The van der Waals surface area contributed by atoms with Gasteiger partial charge in [-0.3, -0.25) is 4.98 Å². The predicted octanol–water partition coefficient (Wildman–Crippen LogP) is 2.30. The highest BCUT2D eigenvalue weighted by molar-refractivity contribution is 5.75. The fourth-order valence-corrected chi connectivity index (χ4v) is 1.59. The molecule has 1 heterocycles. The first-order chi connectivity index (χ1) is 8.22. The predicted molar refractivity (Wildman–Crippen MR) is 67.9 cm³/mol. The van der Waals surface area contributed by atoms with Crippen LogP contribution in [0.15, 0.2) is 42.7 Å².